The van der Waals surface area contributed by atoms with Crippen molar-refractivity contribution >= 4 is 32.7 Å². The van der Waals surface area contributed by atoms with Gasteiger partial charge in [-0.1, -0.05) is 98.8 Å². The van der Waals surface area contributed by atoms with E-state index in [-0.39, 0.29) is 5.41 Å². The van der Waals surface area contributed by atoms with E-state index >= 15 is 0 Å². The van der Waals surface area contributed by atoms with Crippen molar-refractivity contribution < 1.29 is 0 Å². The first-order valence-electron chi connectivity index (χ1n) is 15.0. The molecule has 0 N–H and O–H groups in total. The maximum atomic E-state index is 2.43. The van der Waals surface area contributed by atoms with Crippen LogP contribution in [0, 0.1) is 0 Å². The highest BCUT2D eigenvalue weighted by atomic mass is 15.0. The molecule has 204 valence electrons. The van der Waals surface area contributed by atoms with Crippen LogP contribution in [0.4, 0.5) is 0 Å². The van der Waals surface area contributed by atoms with Crippen LogP contribution >= 0.6 is 0 Å². The van der Waals surface area contributed by atoms with Crippen LogP contribution in [-0.2, 0) is 5.41 Å². The van der Waals surface area contributed by atoms with E-state index in [1.54, 1.807) is 0 Å². The molecule has 1 aliphatic carbocycles. The number of rotatable bonds is 3. The summed E-state index contributed by atoms with van der Waals surface area (Å²) in [5.41, 5.74) is 14.0. The highest BCUT2D eigenvalue weighted by Gasteiger charge is 2.35. The Bertz CT molecular complexity index is 2370. The Balaban J connectivity index is 1.22. The van der Waals surface area contributed by atoms with Gasteiger partial charge in [-0.05, 0) is 88.0 Å². The zero-order valence-electron chi connectivity index (χ0n) is 24.3. The molecule has 2 heteroatoms. The van der Waals surface area contributed by atoms with Crippen LogP contribution < -0.4 is 0 Å². The molecule has 2 nitrogen and oxygen atoms in total. The van der Waals surface area contributed by atoms with E-state index in [1.807, 2.05) is 0 Å². The van der Waals surface area contributed by atoms with Crippen molar-refractivity contribution in [1.82, 2.24) is 9.13 Å². The SMILES string of the molecule is CC1(C)c2ccccc2-c2ccc(-c3cccc(-n4c5ccccc5c5cc6c(ccn6-c6ccccc6)cc54)c3)cc21. The van der Waals surface area contributed by atoms with Gasteiger partial charge in [-0.3, -0.25) is 0 Å². The molecule has 0 bridgehead atoms. The lowest BCUT2D eigenvalue weighted by Gasteiger charge is -2.22. The van der Waals surface area contributed by atoms with Gasteiger partial charge < -0.3 is 9.13 Å². The molecule has 0 saturated carbocycles. The van der Waals surface area contributed by atoms with Crippen LogP contribution in [0.3, 0.4) is 0 Å². The second kappa shape index (κ2) is 8.83. The fourth-order valence-electron chi connectivity index (χ4n) is 7.40. The van der Waals surface area contributed by atoms with E-state index in [0.29, 0.717) is 0 Å². The van der Waals surface area contributed by atoms with Crippen LogP contribution in [0.25, 0.3) is 66.3 Å². The first-order valence-corrected chi connectivity index (χ1v) is 15.0. The van der Waals surface area contributed by atoms with Crippen molar-refractivity contribution in [2.24, 2.45) is 0 Å². The van der Waals surface area contributed by atoms with Crippen molar-refractivity contribution in [2.45, 2.75) is 19.3 Å². The maximum absolute atomic E-state index is 2.43. The lowest BCUT2D eigenvalue weighted by atomic mass is 9.81. The largest absolute Gasteiger partial charge is 0.317 e. The summed E-state index contributed by atoms with van der Waals surface area (Å²) in [6.07, 6.45) is 2.18. The molecular weight excluding hydrogens is 520 g/mol. The average Bonchev–Trinajstić information content (AvgIpc) is 3.69. The first kappa shape index (κ1) is 24.3. The summed E-state index contributed by atoms with van der Waals surface area (Å²) in [6, 6.07) is 51.2. The summed E-state index contributed by atoms with van der Waals surface area (Å²) in [5.74, 6) is 0. The van der Waals surface area contributed by atoms with Gasteiger partial charge in [-0.15, -0.1) is 0 Å². The van der Waals surface area contributed by atoms with E-state index in [4.69, 9.17) is 0 Å². The van der Waals surface area contributed by atoms with Gasteiger partial charge >= 0.3 is 0 Å². The van der Waals surface area contributed by atoms with Crippen LogP contribution in [0.1, 0.15) is 25.0 Å². The zero-order chi connectivity index (χ0) is 28.7. The monoisotopic (exact) mass is 550 g/mol. The van der Waals surface area contributed by atoms with Gasteiger partial charge in [0.05, 0.1) is 16.6 Å². The second-order valence-electron chi connectivity index (χ2n) is 12.3. The highest BCUT2D eigenvalue weighted by Crippen LogP contribution is 2.49. The molecule has 0 aliphatic heterocycles. The van der Waals surface area contributed by atoms with Crippen LogP contribution in [-0.4, -0.2) is 9.13 Å². The average molecular weight is 551 g/mol. The lowest BCUT2D eigenvalue weighted by molar-refractivity contribution is 0.660. The minimum absolute atomic E-state index is 0.0199. The molecular formula is C41H30N2. The topological polar surface area (TPSA) is 9.86 Å². The molecule has 0 fully saturated rings. The Morgan fingerprint density at radius 3 is 2.12 bits per heavy atom. The Hall–Kier alpha value is -5.34. The molecule has 43 heavy (non-hydrogen) atoms. The summed E-state index contributed by atoms with van der Waals surface area (Å²) >= 11 is 0. The molecule has 6 aromatic carbocycles. The summed E-state index contributed by atoms with van der Waals surface area (Å²) in [6.45, 7) is 4.70. The normalized spacial score (nSPS) is 13.5. The number of hydrogen-bond donors (Lipinski definition) is 0. The number of para-hydroxylation sites is 2. The second-order valence-corrected chi connectivity index (χ2v) is 12.3. The van der Waals surface area contributed by atoms with Crippen LogP contribution in [0.2, 0.25) is 0 Å². The standard InChI is InChI=1S/C41H30N2/c1-41(2)36-17-8-6-15-32(36)33-20-19-28(24-37(33)41)27-11-10-14-31(23-27)43-38-18-9-7-16-34(38)35-26-39-29(25-40(35)43)21-22-42(39)30-12-4-3-5-13-30/h3-26H,1-2H3. The fraction of sp³-hybridized carbons (Fsp3) is 0.0732. The van der Waals surface area contributed by atoms with Crippen molar-refractivity contribution in [3.8, 4) is 33.6 Å². The number of nitrogens with zero attached hydrogens (tertiary/aromatic N) is 2. The Kier molecular flexibility index (Phi) is 4.99. The van der Waals surface area contributed by atoms with Crippen LogP contribution in [0.5, 0.6) is 0 Å². The first-order chi connectivity index (χ1) is 21.1. The zero-order valence-corrected chi connectivity index (χ0v) is 24.3. The van der Waals surface area contributed by atoms with E-state index in [0.717, 1.165) is 0 Å². The number of fused-ring (bicyclic) bond motifs is 7. The van der Waals surface area contributed by atoms with Gasteiger partial charge in [-0.2, -0.15) is 0 Å². The minimum atomic E-state index is -0.0199. The molecule has 2 aromatic heterocycles. The third-order valence-electron chi connectivity index (χ3n) is 9.54. The number of aromatic nitrogens is 2. The van der Waals surface area contributed by atoms with Gasteiger partial charge in [0.15, 0.2) is 0 Å². The minimum Gasteiger partial charge on any atom is -0.317 e. The van der Waals surface area contributed by atoms with Crippen molar-refractivity contribution in [1.29, 1.82) is 0 Å². The molecule has 0 spiro atoms. The highest BCUT2D eigenvalue weighted by molar-refractivity contribution is 6.13. The summed E-state index contributed by atoms with van der Waals surface area (Å²) in [5, 5.41) is 3.76. The maximum Gasteiger partial charge on any atom is 0.0548 e. The smallest absolute Gasteiger partial charge is 0.0548 e. The Morgan fingerprint density at radius 1 is 0.465 bits per heavy atom. The van der Waals surface area contributed by atoms with Gasteiger partial charge in [0.25, 0.3) is 0 Å². The Labute approximate surface area is 251 Å². The number of benzene rings is 6. The number of hydrogen-bond acceptors (Lipinski definition) is 0. The van der Waals surface area contributed by atoms with Gasteiger partial charge in [-0.25, -0.2) is 0 Å². The van der Waals surface area contributed by atoms with Crippen molar-refractivity contribution in [3.05, 3.63) is 157 Å². The van der Waals surface area contributed by atoms with Gasteiger partial charge in [0.2, 0.25) is 0 Å². The summed E-state index contributed by atoms with van der Waals surface area (Å²) < 4.78 is 4.72. The molecule has 1 aliphatic rings. The van der Waals surface area contributed by atoms with E-state index in [1.165, 1.54) is 77.5 Å². The quantitative estimate of drug-likeness (QED) is 0.207. The summed E-state index contributed by atoms with van der Waals surface area (Å²) in [7, 11) is 0. The molecule has 0 atom stereocenters. The fourth-order valence-corrected chi connectivity index (χ4v) is 7.40. The summed E-state index contributed by atoms with van der Waals surface area (Å²) in [4.78, 5) is 0. The van der Waals surface area contributed by atoms with Crippen molar-refractivity contribution in [3.63, 3.8) is 0 Å². The molecule has 2 heterocycles. The molecule has 0 amide bonds. The predicted octanol–water partition coefficient (Wildman–Crippen LogP) is 10.7. The Morgan fingerprint density at radius 2 is 1.21 bits per heavy atom. The predicted molar refractivity (Wildman–Crippen MR) is 181 cm³/mol. The van der Waals surface area contributed by atoms with Gasteiger partial charge in [0.1, 0.15) is 0 Å². The van der Waals surface area contributed by atoms with E-state index in [9.17, 15) is 0 Å². The van der Waals surface area contributed by atoms with Gasteiger partial charge in [0, 0.05) is 39.1 Å². The lowest BCUT2D eigenvalue weighted by Crippen LogP contribution is -2.14. The molecule has 8 aromatic rings. The van der Waals surface area contributed by atoms with Crippen LogP contribution in [0.15, 0.2) is 146 Å². The van der Waals surface area contributed by atoms with E-state index < -0.39 is 0 Å². The third kappa shape index (κ3) is 3.47. The molecule has 0 saturated heterocycles. The van der Waals surface area contributed by atoms with E-state index in [2.05, 4.69) is 169 Å². The molecule has 0 unspecified atom stereocenters. The molecule has 0 radical (unpaired) electrons. The van der Waals surface area contributed by atoms with Crippen molar-refractivity contribution in [2.75, 3.05) is 0 Å². The molecule has 9 rings (SSSR count). The third-order valence-corrected chi connectivity index (χ3v) is 9.54.